The van der Waals surface area contributed by atoms with Crippen LogP contribution in [0, 0.1) is 5.92 Å². The average Bonchev–Trinajstić information content (AvgIpc) is 2.77. The smallest absolute Gasteiger partial charge is 0.0221 e. The van der Waals surface area contributed by atoms with E-state index >= 15 is 0 Å². The largest absolute Gasteiger partial charge is 0.310 e. The summed E-state index contributed by atoms with van der Waals surface area (Å²) < 4.78 is 0. The predicted molar refractivity (Wildman–Crippen MR) is 85.1 cm³/mol. The Morgan fingerprint density at radius 2 is 1.95 bits per heavy atom. The van der Waals surface area contributed by atoms with Crippen molar-refractivity contribution < 1.29 is 0 Å². The van der Waals surface area contributed by atoms with Crippen LogP contribution in [-0.2, 0) is 0 Å². The zero-order chi connectivity index (χ0) is 13.9. The van der Waals surface area contributed by atoms with Gasteiger partial charge in [0.05, 0.1) is 0 Å². The third kappa shape index (κ3) is 3.37. The van der Waals surface area contributed by atoms with Gasteiger partial charge in [0.15, 0.2) is 0 Å². The van der Waals surface area contributed by atoms with Crippen LogP contribution in [0.4, 0.5) is 0 Å². The van der Waals surface area contributed by atoms with Gasteiger partial charge in [-0.15, -0.1) is 0 Å². The first-order valence-corrected chi connectivity index (χ1v) is 8.95. The van der Waals surface area contributed by atoms with Crippen LogP contribution in [0.3, 0.4) is 0 Å². The molecule has 2 saturated heterocycles. The second kappa shape index (κ2) is 6.76. The van der Waals surface area contributed by atoms with Crippen LogP contribution in [0.2, 0.25) is 0 Å². The Labute approximate surface area is 125 Å². The zero-order valence-electron chi connectivity index (χ0n) is 13.5. The molecule has 0 amide bonds. The highest BCUT2D eigenvalue weighted by Gasteiger charge is 2.36. The molecule has 0 aromatic carbocycles. The molecular formula is C17H33N3. The van der Waals surface area contributed by atoms with E-state index in [1.165, 1.54) is 71.1 Å². The maximum atomic E-state index is 3.96. The van der Waals surface area contributed by atoms with Gasteiger partial charge in [0.25, 0.3) is 0 Å². The first-order chi connectivity index (χ1) is 9.76. The molecule has 0 bridgehead atoms. The van der Waals surface area contributed by atoms with Gasteiger partial charge in [-0.25, -0.2) is 0 Å². The van der Waals surface area contributed by atoms with Crippen LogP contribution in [-0.4, -0.2) is 61.2 Å². The monoisotopic (exact) mass is 279 g/mol. The van der Waals surface area contributed by atoms with Crippen molar-refractivity contribution in [3.05, 3.63) is 0 Å². The first-order valence-electron chi connectivity index (χ1n) is 8.95. The zero-order valence-corrected chi connectivity index (χ0v) is 13.5. The molecule has 4 unspecified atom stereocenters. The van der Waals surface area contributed by atoms with E-state index in [1.54, 1.807) is 0 Å². The van der Waals surface area contributed by atoms with Gasteiger partial charge in [-0.2, -0.15) is 0 Å². The molecule has 20 heavy (non-hydrogen) atoms. The SMILES string of the molecule is CCC1CN(C)CCCN1CC1CC2CCCCC2N1. The van der Waals surface area contributed by atoms with E-state index in [4.69, 9.17) is 0 Å². The molecule has 116 valence electrons. The van der Waals surface area contributed by atoms with Crippen LogP contribution in [0.15, 0.2) is 0 Å². The average molecular weight is 279 g/mol. The van der Waals surface area contributed by atoms with E-state index in [-0.39, 0.29) is 0 Å². The molecule has 0 radical (unpaired) electrons. The highest BCUT2D eigenvalue weighted by Crippen LogP contribution is 2.33. The third-order valence-electron chi connectivity index (χ3n) is 5.90. The van der Waals surface area contributed by atoms with E-state index in [0.29, 0.717) is 0 Å². The van der Waals surface area contributed by atoms with Gasteiger partial charge in [-0.3, -0.25) is 4.90 Å². The second-order valence-corrected chi connectivity index (χ2v) is 7.42. The molecule has 3 fully saturated rings. The summed E-state index contributed by atoms with van der Waals surface area (Å²) in [5, 5.41) is 3.96. The number of nitrogens with one attached hydrogen (secondary N) is 1. The first kappa shape index (κ1) is 14.8. The molecule has 0 aromatic rings. The lowest BCUT2D eigenvalue weighted by molar-refractivity contribution is 0.168. The van der Waals surface area contributed by atoms with Gasteiger partial charge in [-0.05, 0) is 58.2 Å². The van der Waals surface area contributed by atoms with Crippen molar-refractivity contribution >= 4 is 0 Å². The molecule has 3 aliphatic rings. The number of hydrogen-bond donors (Lipinski definition) is 1. The van der Waals surface area contributed by atoms with E-state index in [2.05, 4.69) is 29.1 Å². The summed E-state index contributed by atoms with van der Waals surface area (Å²) in [6.07, 6.45) is 9.91. The van der Waals surface area contributed by atoms with Crippen molar-refractivity contribution in [2.75, 3.05) is 33.2 Å². The molecule has 2 heterocycles. The summed E-state index contributed by atoms with van der Waals surface area (Å²) in [6.45, 7) is 7.49. The van der Waals surface area contributed by atoms with Gasteiger partial charge in [0.1, 0.15) is 0 Å². The molecule has 3 heteroatoms. The molecular weight excluding hydrogens is 246 g/mol. The molecule has 1 N–H and O–H groups in total. The molecule has 4 atom stereocenters. The lowest BCUT2D eigenvalue weighted by atomic mass is 9.85. The molecule has 2 aliphatic heterocycles. The highest BCUT2D eigenvalue weighted by molar-refractivity contribution is 4.95. The van der Waals surface area contributed by atoms with Crippen molar-refractivity contribution in [1.82, 2.24) is 15.1 Å². The van der Waals surface area contributed by atoms with Crippen molar-refractivity contribution in [1.29, 1.82) is 0 Å². The molecule has 0 aromatic heterocycles. The number of hydrogen-bond acceptors (Lipinski definition) is 3. The van der Waals surface area contributed by atoms with Gasteiger partial charge < -0.3 is 10.2 Å². The van der Waals surface area contributed by atoms with Crippen LogP contribution < -0.4 is 5.32 Å². The fourth-order valence-corrected chi connectivity index (χ4v) is 4.78. The Morgan fingerprint density at radius 3 is 2.75 bits per heavy atom. The predicted octanol–water partition coefficient (Wildman–Crippen LogP) is 2.32. The summed E-state index contributed by atoms with van der Waals surface area (Å²) >= 11 is 0. The maximum Gasteiger partial charge on any atom is 0.0221 e. The minimum Gasteiger partial charge on any atom is -0.310 e. The molecule has 1 aliphatic carbocycles. The van der Waals surface area contributed by atoms with Crippen molar-refractivity contribution in [3.8, 4) is 0 Å². The van der Waals surface area contributed by atoms with Gasteiger partial charge in [0, 0.05) is 31.2 Å². The Bertz CT molecular complexity index is 293. The summed E-state index contributed by atoms with van der Waals surface area (Å²) in [6, 6.07) is 2.39. The van der Waals surface area contributed by atoms with Crippen molar-refractivity contribution in [2.45, 2.75) is 70.0 Å². The quantitative estimate of drug-likeness (QED) is 0.855. The lowest BCUT2D eigenvalue weighted by Gasteiger charge is -2.32. The molecule has 3 rings (SSSR count). The number of fused-ring (bicyclic) bond motifs is 1. The number of rotatable bonds is 3. The Balaban J connectivity index is 1.56. The minimum absolute atomic E-state index is 0.764. The van der Waals surface area contributed by atoms with Gasteiger partial charge in [-0.1, -0.05) is 19.8 Å². The van der Waals surface area contributed by atoms with Crippen LogP contribution in [0.25, 0.3) is 0 Å². The van der Waals surface area contributed by atoms with Crippen LogP contribution >= 0.6 is 0 Å². The fraction of sp³-hybridized carbons (Fsp3) is 1.00. The fourth-order valence-electron chi connectivity index (χ4n) is 4.78. The van der Waals surface area contributed by atoms with Gasteiger partial charge >= 0.3 is 0 Å². The number of likely N-dealkylation sites (N-methyl/N-ethyl adjacent to an activating group) is 1. The van der Waals surface area contributed by atoms with Gasteiger partial charge in [0.2, 0.25) is 0 Å². The maximum absolute atomic E-state index is 3.96. The standard InChI is InChI=1S/C17H33N3/c1-3-16-13-19(2)9-6-10-20(16)12-15-11-14-7-4-5-8-17(14)18-15/h14-18H,3-13H2,1-2H3. The van der Waals surface area contributed by atoms with E-state index < -0.39 is 0 Å². The minimum atomic E-state index is 0.764. The Hall–Kier alpha value is -0.120. The highest BCUT2D eigenvalue weighted by atomic mass is 15.2. The lowest BCUT2D eigenvalue weighted by Crippen LogP contribution is -2.46. The summed E-state index contributed by atoms with van der Waals surface area (Å²) in [7, 11) is 2.29. The summed E-state index contributed by atoms with van der Waals surface area (Å²) in [5.41, 5.74) is 0. The summed E-state index contributed by atoms with van der Waals surface area (Å²) in [5.74, 6) is 0.989. The van der Waals surface area contributed by atoms with Crippen molar-refractivity contribution in [2.24, 2.45) is 5.92 Å². The van der Waals surface area contributed by atoms with Crippen LogP contribution in [0.5, 0.6) is 0 Å². The summed E-state index contributed by atoms with van der Waals surface area (Å²) in [4.78, 5) is 5.31. The third-order valence-corrected chi connectivity index (χ3v) is 5.90. The molecule has 3 nitrogen and oxygen atoms in total. The van der Waals surface area contributed by atoms with E-state index in [0.717, 1.165) is 24.0 Å². The van der Waals surface area contributed by atoms with Crippen LogP contribution in [0.1, 0.15) is 51.9 Å². The van der Waals surface area contributed by atoms with E-state index in [9.17, 15) is 0 Å². The second-order valence-electron chi connectivity index (χ2n) is 7.42. The van der Waals surface area contributed by atoms with Crippen molar-refractivity contribution in [3.63, 3.8) is 0 Å². The molecule has 0 spiro atoms. The normalized spacial score (nSPS) is 40.5. The Morgan fingerprint density at radius 1 is 1.10 bits per heavy atom. The van der Waals surface area contributed by atoms with E-state index in [1.807, 2.05) is 0 Å². The Kier molecular flexibility index (Phi) is 5.00. The topological polar surface area (TPSA) is 18.5 Å². The molecule has 1 saturated carbocycles. The number of nitrogens with zero attached hydrogens (tertiary/aromatic N) is 2.